The lowest BCUT2D eigenvalue weighted by Crippen LogP contribution is -2.28. The number of fused-ring (bicyclic) bond motifs is 1. The summed E-state index contributed by atoms with van der Waals surface area (Å²) in [6, 6.07) is 9.56. The van der Waals surface area contributed by atoms with Crippen LogP contribution in [0, 0.1) is 0 Å². The van der Waals surface area contributed by atoms with Crippen molar-refractivity contribution in [2.45, 2.75) is 38.4 Å². The van der Waals surface area contributed by atoms with Crippen LogP contribution in [0.5, 0.6) is 0 Å². The highest BCUT2D eigenvalue weighted by Crippen LogP contribution is 2.50. The molecule has 1 atom stereocenters. The van der Waals surface area contributed by atoms with Crippen molar-refractivity contribution in [2.75, 3.05) is 0 Å². The molecule has 1 aromatic carbocycles. The van der Waals surface area contributed by atoms with Gasteiger partial charge in [-0.1, -0.05) is 30.3 Å². The number of rotatable bonds is 1. The number of hydrogen-bond donors (Lipinski definition) is 0. The maximum absolute atomic E-state index is 12.0. The molecule has 0 aliphatic carbocycles. The second-order valence-electron chi connectivity index (χ2n) is 5.73. The predicted molar refractivity (Wildman–Crippen MR) is 67.6 cm³/mol. The van der Waals surface area contributed by atoms with E-state index >= 15 is 0 Å². The number of carbonyl (C=O) groups excluding carboxylic acids is 1. The number of hydrogen-bond acceptors (Lipinski definition) is 3. The highest BCUT2D eigenvalue weighted by molar-refractivity contribution is 6.19. The smallest absolute Gasteiger partial charge is 0.343 e. The Labute approximate surface area is 106 Å². The molecular weight excluding hydrogens is 228 g/mol. The van der Waals surface area contributed by atoms with Gasteiger partial charge in [0.2, 0.25) is 0 Å². The van der Waals surface area contributed by atoms with E-state index in [4.69, 9.17) is 9.47 Å². The average Bonchev–Trinajstić information content (AvgIpc) is 2.62. The molecule has 3 nitrogen and oxygen atoms in total. The summed E-state index contributed by atoms with van der Waals surface area (Å²) in [7, 11) is 0. The maximum atomic E-state index is 12.0. The van der Waals surface area contributed by atoms with Gasteiger partial charge in [-0.05, 0) is 26.3 Å². The molecule has 2 aliphatic heterocycles. The van der Waals surface area contributed by atoms with Crippen LogP contribution in [0.2, 0.25) is 0 Å². The normalized spacial score (nSPS) is 28.9. The van der Waals surface area contributed by atoms with Gasteiger partial charge in [0, 0.05) is 6.42 Å². The third-order valence-corrected chi connectivity index (χ3v) is 3.43. The zero-order chi connectivity index (χ0) is 13.0. The van der Waals surface area contributed by atoms with Gasteiger partial charge in [0.15, 0.2) is 11.4 Å². The van der Waals surface area contributed by atoms with Gasteiger partial charge in [0.1, 0.15) is 11.2 Å². The van der Waals surface area contributed by atoms with E-state index < -0.39 is 5.60 Å². The van der Waals surface area contributed by atoms with Crippen molar-refractivity contribution in [2.24, 2.45) is 0 Å². The minimum Gasteiger partial charge on any atom is -0.487 e. The van der Waals surface area contributed by atoms with E-state index in [2.05, 4.69) is 0 Å². The first kappa shape index (κ1) is 11.3. The third kappa shape index (κ3) is 1.54. The lowest BCUT2D eigenvalue weighted by atomic mass is 9.92. The Hall–Kier alpha value is -1.77. The van der Waals surface area contributed by atoms with Crippen LogP contribution in [0.15, 0.2) is 36.1 Å². The molecule has 0 amide bonds. The van der Waals surface area contributed by atoms with E-state index in [0.29, 0.717) is 17.8 Å². The first-order valence-corrected chi connectivity index (χ1v) is 6.14. The van der Waals surface area contributed by atoms with Crippen molar-refractivity contribution >= 4 is 11.5 Å². The Morgan fingerprint density at radius 2 is 1.72 bits per heavy atom. The van der Waals surface area contributed by atoms with Gasteiger partial charge in [-0.15, -0.1) is 0 Å². The minimum absolute atomic E-state index is 0.283. The molecule has 1 saturated heterocycles. The van der Waals surface area contributed by atoms with Crippen molar-refractivity contribution in [3.8, 4) is 0 Å². The third-order valence-electron chi connectivity index (χ3n) is 3.43. The van der Waals surface area contributed by atoms with Crippen LogP contribution in [0.25, 0.3) is 5.57 Å². The fraction of sp³-hybridized carbons (Fsp3) is 0.400. The molecule has 2 heterocycles. The highest BCUT2D eigenvalue weighted by Gasteiger charge is 2.55. The molecule has 1 aromatic rings. The molecule has 0 aromatic heterocycles. The first-order valence-electron chi connectivity index (χ1n) is 6.14. The maximum Gasteiger partial charge on any atom is 0.343 e. The van der Waals surface area contributed by atoms with Crippen LogP contribution in [-0.2, 0) is 14.3 Å². The van der Waals surface area contributed by atoms with Crippen LogP contribution in [-0.4, -0.2) is 17.2 Å². The average molecular weight is 244 g/mol. The molecule has 0 radical (unpaired) electrons. The summed E-state index contributed by atoms with van der Waals surface area (Å²) in [6.45, 7) is 5.95. The summed E-state index contributed by atoms with van der Waals surface area (Å²) < 4.78 is 11.5. The molecule has 0 saturated carbocycles. The molecular formula is C15H16O3. The van der Waals surface area contributed by atoms with Crippen LogP contribution in [0.1, 0.15) is 32.8 Å². The second-order valence-corrected chi connectivity index (χ2v) is 5.73. The standard InChI is InChI=1S/C15H16O3/c1-14(2)9-15(3)12(17-14)11(13(16)18-15)10-7-5-4-6-8-10/h4-8H,9H2,1-3H3. The van der Waals surface area contributed by atoms with Crippen LogP contribution < -0.4 is 0 Å². The molecule has 0 N–H and O–H groups in total. The van der Waals surface area contributed by atoms with E-state index in [0.717, 1.165) is 5.56 Å². The fourth-order valence-electron chi connectivity index (χ4n) is 2.91. The number of benzene rings is 1. The zero-order valence-electron chi connectivity index (χ0n) is 10.8. The summed E-state index contributed by atoms with van der Waals surface area (Å²) >= 11 is 0. The molecule has 0 spiro atoms. The summed E-state index contributed by atoms with van der Waals surface area (Å²) in [6.07, 6.45) is 0.692. The summed E-state index contributed by atoms with van der Waals surface area (Å²) in [4.78, 5) is 12.0. The predicted octanol–water partition coefficient (Wildman–Crippen LogP) is 2.91. The largest absolute Gasteiger partial charge is 0.487 e. The van der Waals surface area contributed by atoms with E-state index in [9.17, 15) is 4.79 Å². The van der Waals surface area contributed by atoms with Gasteiger partial charge in [-0.25, -0.2) is 4.79 Å². The number of ether oxygens (including phenoxy) is 2. The minimum atomic E-state index is -0.605. The van der Waals surface area contributed by atoms with E-state index in [-0.39, 0.29) is 11.6 Å². The molecule has 1 fully saturated rings. The molecule has 18 heavy (non-hydrogen) atoms. The van der Waals surface area contributed by atoms with Gasteiger partial charge in [-0.3, -0.25) is 0 Å². The monoisotopic (exact) mass is 244 g/mol. The number of carbonyl (C=O) groups is 1. The van der Waals surface area contributed by atoms with Crippen LogP contribution in [0.3, 0.4) is 0 Å². The Kier molecular flexibility index (Phi) is 2.12. The lowest BCUT2D eigenvalue weighted by Gasteiger charge is -2.19. The van der Waals surface area contributed by atoms with Crippen molar-refractivity contribution in [3.05, 3.63) is 41.7 Å². The van der Waals surface area contributed by atoms with Crippen molar-refractivity contribution in [1.82, 2.24) is 0 Å². The van der Waals surface area contributed by atoms with Crippen LogP contribution >= 0.6 is 0 Å². The fourth-order valence-corrected chi connectivity index (χ4v) is 2.91. The highest BCUT2D eigenvalue weighted by atomic mass is 16.6. The molecule has 3 rings (SSSR count). The second kappa shape index (κ2) is 3.37. The Morgan fingerprint density at radius 1 is 1.06 bits per heavy atom. The Morgan fingerprint density at radius 3 is 2.39 bits per heavy atom. The zero-order valence-corrected chi connectivity index (χ0v) is 10.8. The van der Waals surface area contributed by atoms with E-state index in [1.807, 2.05) is 51.1 Å². The van der Waals surface area contributed by atoms with Gasteiger partial charge in [0.25, 0.3) is 0 Å². The molecule has 0 bridgehead atoms. The summed E-state index contributed by atoms with van der Waals surface area (Å²) in [5.41, 5.74) is 0.541. The summed E-state index contributed by atoms with van der Waals surface area (Å²) in [5, 5.41) is 0. The van der Waals surface area contributed by atoms with Gasteiger partial charge in [0.05, 0.1) is 0 Å². The molecule has 94 valence electrons. The van der Waals surface area contributed by atoms with Gasteiger partial charge < -0.3 is 9.47 Å². The quantitative estimate of drug-likeness (QED) is 0.712. The topological polar surface area (TPSA) is 35.5 Å². The molecule has 1 unspecified atom stereocenters. The molecule has 2 aliphatic rings. The van der Waals surface area contributed by atoms with Gasteiger partial charge >= 0.3 is 5.97 Å². The van der Waals surface area contributed by atoms with E-state index in [1.165, 1.54) is 0 Å². The van der Waals surface area contributed by atoms with Crippen LogP contribution in [0.4, 0.5) is 0 Å². The summed E-state index contributed by atoms with van der Waals surface area (Å²) in [5.74, 6) is 0.401. The Bertz CT molecular complexity index is 542. The van der Waals surface area contributed by atoms with Crippen molar-refractivity contribution in [1.29, 1.82) is 0 Å². The lowest BCUT2D eigenvalue weighted by molar-refractivity contribution is -0.144. The SMILES string of the molecule is CC1(C)CC2(C)OC(=O)C(c3ccccc3)=C2O1. The first-order chi connectivity index (χ1) is 8.41. The van der Waals surface area contributed by atoms with E-state index in [1.54, 1.807) is 0 Å². The number of esters is 1. The van der Waals surface area contributed by atoms with Gasteiger partial charge in [-0.2, -0.15) is 0 Å². The Balaban J connectivity index is 2.16. The van der Waals surface area contributed by atoms with Crippen molar-refractivity contribution < 1.29 is 14.3 Å². The van der Waals surface area contributed by atoms with Crippen molar-refractivity contribution in [3.63, 3.8) is 0 Å². The molecule has 3 heteroatoms.